The van der Waals surface area contributed by atoms with Gasteiger partial charge in [0.05, 0.1) is 37.8 Å². The molecular formula is C24H32N2O5. The van der Waals surface area contributed by atoms with Crippen molar-refractivity contribution in [3.05, 3.63) is 41.5 Å². The highest BCUT2D eigenvalue weighted by Gasteiger charge is 2.20. The molecule has 1 saturated heterocycles. The molecule has 7 heteroatoms. The molecule has 3 rings (SSSR count). The van der Waals surface area contributed by atoms with Crippen LogP contribution in [0.15, 0.2) is 30.3 Å². The molecule has 1 aliphatic heterocycles. The maximum atomic E-state index is 12.7. The number of carbonyl (C=O) groups is 1. The van der Waals surface area contributed by atoms with Crippen LogP contribution in [0.2, 0.25) is 0 Å². The molecule has 0 aliphatic carbocycles. The molecule has 2 aromatic carbocycles. The summed E-state index contributed by atoms with van der Waals surface area (Å²) >= 11 is 0. The van der Waals surface area contributed by atoms with Crippen LogP contribution in [0.5, 0.6) is 17.2 Å². The van der Waals surface area contributed by atoms with Crippen LogP contribution in [0.3, 0.4) is 0 Å². The van der Waals surface area contributed by atoms with E-state index in [0.29, 0.717) is 43.6 Å². The maximum absolute atomic E-state index is 12.7. The minimum absolute atomic E-state index is 0.0908. The smallest absolute Gasteiger partial charge is 0.262 e. The second kappa shape index (κ2) is 10.9. The molecule has 0 atom stereocenters. The van der Waals surface area contributed by atoms with E-state index in [1.54, 1.807) is 0 Å². The van der Waals surface area contributed by atoms with Gasteiger partial charge in [-0.2, -0.15) is 0 Å². The molecule has 1 N–H and O–H groups in total. The molecule has 0 bridgehead atoms. The van der Waals surface area contributed by atoms with Gasteiger partial charge in [-0.1, -0.05) is 18.2 Å². The minimum atomic E-state index is -0.259. The normalized spacial score (nSPS) is 13.6. The lowest BCUT2D eigenvalue weighted by molar-refractivity contribution is -0.118. The lowest BCUT2D eigenvalue weighted by atomic mass is 10.1. The second-order valence-electron chi connectivity index (χ2n) is 7.34. The molecule has 1 amide bonds. The van der Waals surface area contributed by atoms with E-state index in [0.717, 1.165) is 35.7 Å². The summed E-state index contributed by atoms with van der Waals surface area (Å²) < 4.78 is 23.0. The van der Waals surface area contributed by atoms with E-state index >= 15 is 0 Å². The Kier molecular flexibility index (Phi) is 8.00. The highest BCUT2D eigenvalue weighted by Crippen LogP contribution is 2.39. The van der Waals surface area contributed by atoms with Gasteiger partial charge in [0.15, 0.2) is 6.61 Å². The van der Waals surface area contributed by atoms with E-state index in [9.17, 15) is 4.79 Å². The first-order valence-electron chi connectivity index (χ1n) is 10.8. The summed E-state index contributed by atoms with van der Waals surface area (Å²) in [5.41, 5.74) is 3.50. The lowest BCUT2D eigenvalue weighted by Gasteiger charge is -2.31. The number of benzene rings is 2. The van der Waals surface area contributed by atoms with Crippen molar-refractivity contribution < 1.29 is 23.7 Å². The Morgan fingerprint density at radius 3 is 2.29 bits per heavy atom. The second-order valence-corrected chi connectivity index (χ2v) is 7.34. The van der Waals surface area contributed by atoms with E-state index in [1.165, 1.54) is 0 Å². The van der Waals surface area contributed by atoms with Crippen LogP contribution in [-0.2, 0) is 9.53 Å². The molecule has 1 heterocycles. The van der Waals surface area contributed by atoms with Gasteiger partial charge in [-0.05, 0) is 38.8 Å². The summed E-state index contributed by atoms with van der Waals surface area (Å²) in [6.45, 7) is 11.6. The molecule has 0 aromatic heterocycles. The van der Waals surface area contributed by atoms with Crippen LogP contribution < -0.4 is 24.4 Å². The van der Waals surface area contributed by atoms with Crippen molar-refractivity contribution in [2.24, 2.45) is 0 Å². The zero-order chi connectivity index (χ0) is 22.2. The predicted molar refractivity (Wildman–Crippen MR) is 122 cm³/mol. The molecule has 168 valence electrons. The molecular weight excluding hydrogens is 396 g/mol. The summed E-state index contributed by atoms with van der Waals surface area (Å²) in [6.07, 6.45) is 0. The SMILES string of the molecule is CCOc1cc(N2CCOCC2)c(OCC)cc1NC(=O)COc1c(C)cccc1C. The Morgan fingerprint density at radius 2 is 1.65 bits per heavy atom. The molecule has 1 fully saturated rings. The van der Waals surface area contributed by atoms with E-state index in [2.05, 4.69) is 10.2 Å². The third-order valence-electron chi connectivity index (χ3n) is 5.04. The summed E-state index contributed by atoms with van der Waals surface area (Å²) in [6, 6.07) is 9.66. The molecule has 0 spiro atoms. The van der Waals surface area contributed by atoms with Gasteiger partial charge in [0, 0.05) is 25.2 Å². The molecule has 0 unspecified atom stereocenters. The van der Waals surface area contributed by atoms with Gasteiger partial charge in [0.2, 0.25) is 0 Å². The summed E-state index contributed by atoms with van der Waals surface area (Å²) in [5.74, 6) is 1.79. The molecule has 1 aliphatic rings. The number of ether oxygens (including phenoxy) is 4. The Balaban J connectivity index is 1.79. The Labute approximate surface area is 184 Å². The highest BCUT2D eigenvalue weighted by molar-refractivity contribution is 5.94. The van der Waals surface area contributed by atoms with E-state index in [1.807, 2.05) is 58.0 Å². The van der Waals surface area contributed by atoms with Crippen LogP contribution in [0, 0.1) is 13.8 Å². The number of aryl methyl sites for hydroxylation is 2. The van der Waals surface area contributed by atoms with Gasteiger partial charge in [-0.25, -0.2) is 0 Å². The number of rotatable bonds is 9. The van der Waals surface area contributed by atoms with Crippen LogP contribution in [0.1, 0.15) is 25.0 Å². The molecule has 31 heavy (non-hydrogen) atoms. The number of hydrogen-bond acceptors (Lipinski definition) is 6. The first-order valence-corrected chi connectivity index (χ1v) is 10.8. The van der Waals surface area contributed by atoms with Crippen LogP contribution in [-0.4, -0.2) is 52.0 Å². The standard InChI is InChI=1S/C24H32N2O5/c1-5-29-21-15-20(26-10-12-28-13-11-26)22(30-6-2)14-19(21)25-23(27)16-31-24-17(3)8-7-9-18(24)4/h7-9,14-15H,5-6,10-13,16H2,1-4H3,(H,25,27). The fourth-order valence-corrected chi connectivity index (χ4v) is 3.60. The fourth-order valence-electron chi connectivity index (χ4n) is 3.60. The molecule has 2 aromatic rings. The van der Waals surface area contributed by atoms with E-state index in [4.69, 9.17) is 18.9 Å². The zero-order valence-electron chi connectivity index (χ0n) is 18.8. The van der Waals surface area contributed by atoms with E-state index in [-0.39, 0.29) is 12.5 Å². The number of para-hydroxylation sites is 1. The molecule has 7 nitrogen and oxygen atoms in total. The Bertz CT molecular complexity index is 874. The van der Waals surface area contributed by atoms with Crippen molar-refractivity contribution in [3.8, 4) is 17.2 Å². The number of morpholine rings is 1. The number of carbonyl (C=O) groups excluding carboxylic acids is 1. The van der Waals surface area contributed by atoms with Gasteiger partial charge < -0.3 is 29.2 Å². The van der Waals surface area contributed by atoms with Gasteiger partial charge in [0.1, 0.15) is 17.2 Å². The van der Waals surface area contributed by atoms with Crippen LogP contribution in [0.25, 0.3) is 0 Å². The van der Waals surface area contributed by atoms with Crippen molar-refractivity contribution in [1.29, 1.82) is 0 Å². The third-order valence-corrected chi connectivity index (χ3v) is 5.04. The maximum Gasteiger partial charge on any atom is 0.262 e. The topological polar surface area (TPSA) is 69.3 Å². The quantitative estimate of drug-likeness (QED) is 0.652. The third kappa shape index (κ3) is 5.82. The monoisotopic (exact) mass is 428 g/mol. The molecule has 0 saturated carbocycles. The van der Waals surface area contributed by atoms with Crippen LogP contribution >= 0.6 is 0 Å². The van der Waals surface area contributed by atoms with Gasteiger partial charge >= 0.3 is 0 Å². The number of nitrogens with one attached hydrogen (secondary N) is 1. The Morgan fingerprint density at radius 1 is 1.00 bits per heavy atom. The van der Waals surface area contributed by atoms with Crippen molar-refractivity contribution in [3.63, 3.8) is 0 Å². The van der Waals surface area contributed by atoms with Crippen molar-refractivity contribution in [2.75, 3.05) is 56.3 Å². The lowest BCUT2D eigenvalue weighted by Crippen LogP contribution is -2.36. The highest BCUT2D eigenvalue weighted by atomic mass is 16.5. The fraction of sp³-hybridized carbons (Fsp3) is 0.458. The average Bonchev–Trinajstić information content (AvgIpc) is 2.76. The van der Waals surface area contributed by atoms with Crippen molar-refractivity contribution in [1.82, 2.24) is 0 Å². The number of hydrogen-bond donors (Lipinski definition) is 1. The average molecular weight is 429 g/mol. The number of amides is 1. The number of anilines is 2. The first-order chi connectivity index (χ1) is 15.0. The largest absolute Gasteiger partial charge is 0.492 e. The molecule has 0 radical (unpaired) electrons. The van der Waals surface area contributed by atoms with Gasteiger partial charge in [-0.3, -0.25) is 4.79 Å². The van der Waals surface area contributed by atoms with Crippen LogP contribution in [0.4, 0.5) is 11.4 Å². The van der Waals surface area contributed by atoms with E-state index < -0.39 is 0 Å². The Hall–Kier alpha value is -2.93. The summed E-state index contributed by atoms with van der Waals surface area (Å²) in [5, 5.41) is 2.92. The minimum Gasteiger partial charge on any atom is -0.492 e. The zero-order valence-corrected chi connectivity index (χ0v) is 18.8. The first kappa shape index (κ1) is 22.7. The number of nitrogens with zero attached hydrogens (tertiary/aromatic N) is 1. The predicted octanol–water partition coefficient (Wildman–Crippen LogP) is 3.95. The van der Waals surface area contributed by atoms with Crippen molar-refractivity contribution in [2.45, 2.75) is 27.7 Å². The van der Waals surface area contributed by atoms with Gasteiger partial charge in [0.25, 0.3) is 5.91 Å². The summed E-state index contributed by atoms with van der Waals surface area (Å²) in [4.78, 5) is 14.9. The summed E-state index contributed by atoms with van der Waals surface area (Å²) in [7, 11) is 0. The van der Waals surface area contributed by atoms with Crippen molar-refractivity contribution >= 4 is 17.3 Å². The van der Waals surface area contributed by atoms with Gasteiger partial charge in [-0.15, -0.1) is 0 Å².